The minimum absolute atomic E-state index is 0.109. The number of aliphatic hydroxyl groups excluding tert-OH is 2. The summed E-state index contributed by atoms with van der Waals surface area (Å²) in [5, 5.41) is 18.5. The Morgan fingerprint density at radius 3 is 2.88 bits per heavy atom. The first-order valence-corrected chi connectivity index (χ1v) is 5.79. The summed E-state index contributed by atoms with van der Waals surface area (Å²) in [7, 11) is 0. The minimum atomic E-state index is -0.827. The van der Waals surface area contributed by atoms with E-state index in [0.717, 1.165) is 19.3 Å². The van der Waals surface area contributed by atoms with Crippen molar-refractivity contribution in [1.82, 2.24) is 0 Å². The lowest BCUT2D eigenvalue weighted by atomic mass is 10.1. The molecule has 2 N–H and O–H groups in total. The molecule has 0 aromatic heterocycles. The molecular formula is C11H20O5. The van der Waals surface area contributed by atoms with Crippen LogP contribution in [0.25, 0.3) is 0 Å². The molecule has 1 rings (SSSR count). The Kier molecular flexibility index (Phi) is 5.73. The van der Waals surface area contributed by atoms with E-state index in [4.69, 9.17) is 14.6 Å². The monoisotopic (exact) mass is 232 g/mol. The van der Waals surface area contributed by atoms with Gasteiger partial charge in [-0.25, -0.2) is 0 Å². The van der Waals surface area contributed by atoms with E-state index in [1.165, 1.54) is 0 Å². The van der Waals surface area contributed by atoms with Gasteiger partial charge in [-0.2, -0.15) is 0 Å². The highest BCUT2D eigenvalue weighted by Crippen LogP contribution is 2.18. The molecule has 0 spiro atoms. The second kappa shape index (κ2) is 6.83. The Bertz CT molecular complexity index is 218. The second-order valence-electron chi connectivity index (χ2n) is 4.03. The fraction of sp³-hybridized carbons (Fsp3) is 0.909. The van der Waals surface area contributed by atoms with E-state index < -0.39 is 18.3 Å². The van der Waals surface area contributed by atoms with Gasteiger partial charge in [0.15, 0.2) is 6.10 Å². The summed E-state index contributed by atoms with van der Waals surface area (Å²) < 4.78 is 10.2. The summed E-state index contributed by atoms with van der Waals surface area (Å²) in [5.41, 5.74) is 0. The minimum Gasteiger partial charge on any atom is -0.457 e. The summed E-state index contributed by atoms with van der Waals surface area (Å²) in [6.45, 7) is 1.92. The molecule has 94 valence electrons. The Morgan fingerprint density at radius 2 is 2.25 bits per heavy atom. The molecule has 0 aromatic rings. The van der Waals surface area contributed by atoms with Crippen molar-refractivity contribution in [2.75, 3.05) is 13.2 Å². The zero-order valence-corrected chi connectivity index (χ0v) is 9.59. The molecule has 5 heteroatoms. The third kappa shape index (κ3) is 3.73. The van der Waals surface area contributed by atoms with Crippen molar-refractivity contribution in [2.24, 2.45) is 0 Å². The molecule has 1 saturated heterocycles. The Hall–Kier alpha value is -0.650. The number of rotatable bonds is 6. The maximum Gasteiger partial charge on any atom is 0.306 e. The van der Waals surface area contributed by atoms with E-state index >= 15 is 0 Å². The number of unbranched alkanes of at least 4 members (excludes halogenated alkanes) is 2. The molecule has 0 aromatic carbocycles. The standard InChI is InChI=1S/C11H20O5/c1-2-3-4-5-10(14)16-11-8(13)7-15-9(11)6-12/h8-9,11-13H,2-7H2,1H3/t8-,9+,11-/m0/s1. The van der Waals surface area contributed by atoms with Crippen molar-refractivity contribution in [2.45, 2.75) is 50.9 Å². The predicted molar refractivity (Wildman–Crippen MR) is 56.9 cm³/mol. The van der Waals surface area contributed by atoms with Gasteiger partial charge in [-0.15, -0.1) is 0 Å². The van der Waals surface area contributed by atoms with Crippen molar-refractivity contribution in [3.05, 3.63) is 0 Å². The molecule has 0 amide bonds. The van der Waals surface area contributed by atoms with Crippen LogP contribution >= 0.6 is 0 Å². The second-order valence-corrected chi connectivity index (χ2v) is 4.03. The molecule has 1 aliphatic rings. The van der Waals surface area contributed by atoms with Gasteiger partial charge in [-0.1, -0.05) is 19.8 Å². The third-order valence-corrected chi connectivity index (χ3v) is 2.66. The number of aliphatic hydroxyl groups is 2. The molecular weight excluding hydrogens is 212 g/mol. The zero-order valence-electron chi connectivity index (χ0n) is 9.59. The summed E-state index contributed by atoms with van der Waals surface area (Å²) in [5.74, 6) is -0.332. The molecule has 1 heterocycles. The van der Waals surface area contributed by atoms with Gasteiger partial charge < -0.3 is 19.7 Å². The lowest BCUT2D eigenvalue weighted by Gasteiger charge is -2.19. The third-order valence-electron chi connectivity index (χ3n) is 2.66. The van der Waals surface area contributed by atoms with Gasteiger partial charge in [0.05, 0.1) is 13.2 Å². The van der Waals surface area contributed by atoms with E-state index in [-0.39, 0.29) is 19.2 Å². The van der Waals surface area contributed by atoms with Gasteiger partial charge in [-0.3, -0.25) is 4.79 Å². The van der Waals surface area contributed by atoms with Crippen LogP contribution < -0.4 is 0 Å². The van der Waals surface area contributed by atoms with Crippen molar-refractivity contribution >= 4 is 5.97 Å². The summed E-state index contributed by atoms with van der Waals surface area (Å²) in [6.07, 6.45) is 1.04. The van der Waals surface area contributed by atoms with Gasteiger partial charge in [0.2, 0.25) is 0 Å². The molecule has 16 heavy (non-hydrogen) atoms. The Balaban J connectivity index is 2.31. The van der Waals surface area contributed by atoms with Crippen molar-refractivity contribution in [1.29, 1.82) is 0 Å². The average molecular weight is 232 g/mol. The van der Waals surface area contributed by atoms with Crippen LogP contribution in [0.5, 0.6) is 0 Å². The van der Waals surface area contributed by atoms with Gasteiger partial charge in [0, 0.05) is 6.42 Å². The van der Waals surface area contributed by atoms with E-state index in [2.05, 4.69) is 6.92 Å². The SMILES string of the molecule is CCCCCC(=O)O[C@H]1[C@@H](O)CO[C@@H]1CO. The van der Waals surface area contributed by atoms with E-state index in [0.29, 0.717) is 6.42 Å². The molecule has 3 atom stereocenters. The van der Waals surface area contributed by atoms with Crippen LogP contribution in [-0.4, -0.2) is 47.7 Å². The Morgan fingerprint density at radius 1 is 1.50 bits per heavy atom. The first-order valence-electron chi connectivity index (χ1n) is 5.79. The summed E-state index contributed by atoms with van der Waals surface area (Å²) in [4.78, 5) is 11.4. The maximum absolute atomic E-state index is 11.4. The first-order chi connectivity index (χ1) is 7.69. The van der Waals surface area contributed by atoms with Gasteiger partial charge in [-0.05, 0) is 6.42 Å². The molecule has 5 nitrogen and oxygen atoms in total. The highest BCUT2D eigenvalue weighted by Gasteiger charge is 2.38. The van der Waals surface area contributed by atoms with Gasteiger partial charge in [0.1, 0.15) is 12.2 Å². The number of carbonyl (C=O) groups excluding carboxylic acids is 1. The van der Waals surface area contributed by atoms with Crippen LogP contribution in [-0.2, 0) is 14.3 Å². The molecule has 0 bridgehead atoms. The van der Waals surface area contributed by atoms with Crippen LogP contribution in [0.2, 0.25) is 0 Å². The number of hydrogen-bond donors (Lipinski definition) is 2. The molecule has 0 unspecified atom stereocenters. The van der Waals surface area contributed by atoms with Crippen LogP contribution in [0.4, 0.5) is 0 Å². The number of esters is 1. The maximum atomic E-state index is 11.4. The first kappa shape index (κ1) is 13.4. The average Bonchev–Trinajstić information content (AvgIpc) is 2.61. The predicted octanol–water partition coefficient (Wildman–Crippen LogP) is 0.230. The number of ether oxygens (including phenoxy) is 2. The zero-order chi connectivity index (χ0) is 12.0. The van der Waals surface area contributed by atoms with Crippen LogP contribution in [0, 0.1) is 0 Å². The topological polar surface area (TPSA) is 76.0 Å². The van der Waals surface area contributed by atoms with Gasteiger partial charge in [0.25, 0.3) is 0 Å². The molecule has 0 saturated carbocycles. The molecule has 0 aliphatic carbocycles. The van der Waals surface area contributed by atoms with Crippen LogP contribution in [0.15, 0.2) is 0 Å². The fourth-order valence-electron chi connectivity index (χ4n) is 1.70. The highest BCUT2D eigenvalue weighted by molar-refractivity contribution is 5.69. The number of hydrogen-bond acceptors (Lipinski definition) is 5. The quantitative estimate of drug-likeness (QED) is 0.506. The van der Waals surface area contributed by atoms with Crippen molar-refractivity contribution in [3.63, 3.8) is 0 Å². The molecule has 0 radical (unpaired) electrons. The summed E-state index contributed by atoms with van der Waals surface area (Å²) >= 11 is 0. The normalized spacial score (nSPS) is 29.3. The number of carbonyl (C=O) groups is 1. The smallest absolute Gasteiger partial charge is 0.306 e. The Labute approximate surface area is 95.4 Å². The van der Waals surface area contributed by atoms with E-state index in [1.807, 2.05) is 0 Å². The van der Waals surface area contributed by atoms with Crippen LogP contribution in [0.3, 0.4) is 0 Å². The van der Waals surface area contributed by atoms with Crippen LogP contribution in [0.1, 0.15) is 32.6 Å². The lowest BCUT2D eigenvalue weighted by Crippen LogP contribution is -2.37. The van der Waals surface area contributed by atoms with Crippen molar-refractivity contribution < 1.29 is 24.5 Å². The molecule has 1 fully saturated rings. The van der Waals surface area contributed by atoms with Gasteiger partial charge >= 0.3 is 5.97 Å². The highest BCUT2D eigenvalue weighted by atomic mass is 16.6. The van der Waals surface area contributed by atoms with E-state index in [9.17, 15) is 9.90 Å². The fourth-order valence-corrected chi connectivity index (χ4v) is 1.70. The van der Waals surface area contributed by atoms with Crippen molar-refractivity contribution in [3.8, 4) is 0 Å². The van der Waals surface area contributed by atoms with E-state index in [1.54, 1.807) is 0 Å². The largest absolute Gasteiger partial charge is 0.457 e. The lowest BCUT2D eigenvalue weighted by molar-refractivity contribution is -0.156. The molecule has 1 aliphatic heterocycles. The summed E-state index contributed by atoms with van der Waals surface area (Å²) in [6, 6.07) is 0.